The average Bonchev–Trinajstić information content (AvgIpc) is 3.31. The zero-order chi connectivity index (χ0) is 20.2. The molecule has 0 saturated carbocycles. The first-order valence-corrected chi connectivity index (χ1v) is 10.4. The van der Waals surface area contributed by atoms with E-state index in [1.165, 1.54) is 0 Å². The molecule has 0 aliphatic carbocycles. The summed E-state index contributed by atoms with van der Waals surface area (Å²) in [5.74, 6) is 0.798. The van der Waals surface area contributed by atoms with Gasteiger partial charge in [0, 0.05) is 46.5 Å². The molecule has 1 aromatic heterocycles. The molecule has 29 heavy (non-hydrogen) atoms. The van der Waals surface area contributed by atoms with Gasteiger partial charge in [-0.2, -0.15) is 0 Å². The van der Waals surface area contributed by atoms with Crippen molar-refractivity contribution in [3.05, 3.63) is 48.0 Å². The zero-order valence-corrected chi connectivity index (χ0v) is 17.3. The minimum atomic E-state index is -0.0164. The Balaban J connectivity index is 1.46. The van der Waals surface area contributed by atoms with Crippen LogP contribution in [0.2, 0.25) is 0 Å². The SMILES string of the molecule is CN1C(=O)COc2ccccc2CCCCO[C@@H]2CN(Cc3cn(C)cn3)C[C@@H]21. The summed E-state index contributed by atoms with van der Waals surface area (Å²) in [7, 11) is 3.84. The Kier molecular flexibility index (Phi) is 6.16. The lowest BCUT2D eigenvalue weighted by Gasteiger charge is -2.29. The number of aromatic nitrogens is 2. The van der Waals surface area contributed by atoms with E-state index in [0.717, 1.165) is 55.9 Å². The molecule has 156 valence electrons. The van der Waals surface area contributed by atoms with Crippen molar-refractivity contribution in [1.82, 2.24) is 19.4 Å². The van der Waals surface area contributed by atoms with Crippen LogP contribution < -0.4 is 4.74 Å². The Morgan fingerprint density at radius 1 is 1.17 bits per heavy atom. The summed E-state index contributed by atoms with van der Waals surface area (Å²) in [6.45, 7) is 3.11. The van der Waals surface area contributed by atoms with Crippen LogP contribution in [-0.2, 0) is 29.5 Å². The molecule has 2 aliphatic heterocycles. The number of carbonyl (C=O) groups is 1. The maximum absolute atomic E-state index is 12.8. The monoisotopic (exact) mass is 398 g/mol. The van der Waals surface area contributed by atoms with E-state index in [1.807, 2.05) is 54.3 Å². The summed E-state index contributed by atoms with van der Waals surface area (Å²) in [5, 5.41) is 0. The lowest BCUT2D eigenvalue weighted by molar-refractivity contribution is -0.136. The number of benzene rings is 1. The van der Waals surface area contributed by atoms with Crippen LogP contribution in [0.1, 0.15) is 24.1 Å². The van der Waals surface area contributed by atoms with E-state index in [0.29, 0.717) is 6.61 Å². The Morgan fingerprint density at radius 3 is 2.86 bits per heavy atom. The number of aryl methyl sites for hydroxylation is 2. The molecular formula is C22H30N4O3. The molecule has 0 spiro atoms. The first-order chi connectivity index (χ1) is 14.1. The molecule has 1 aromatic carbocycles. The molecule has 1 saturated heterocycles. The summed E-state index contributed by atoms with van der Waals surface area (Å²) >= 11 is 0. The number of rotatable bonds is 2. The third kappa shape index (κ3) is 4.79. The first kappa shape index (κ1) is 19.9. The number of hydrogen-bond donors (Lipinski definition) is 0. The minimum Gasteiger partial charge on any atom is -0.483 e. The molecule has 2 aliphatic rings. The van der Waals surface area contributed by atoms with Crippen LogP contribution in [0.5, 0.6) is 5.75 Å². The van der Waals surface area contributed by atoms with Gasteiger partial charge < -0.3 is 18.9 Å². The maximum atomic E-state index is 12.8. The van der Waals surface area contributed by atoms with Crippen molar-refractivity contribution in [2.24, 2.45) is 7.05 Å². The largest absolute Gasteiger partial charge is 0.483 e. The number of amides is 1. The number of likely N-dealkylation sites (tertiary alicyclic amines) is 1. The van der Waals surface area contributed by atoms with Crippen LogP contribution in [-0.4, -0.2) is 70.8 Å². The van der Waals surface area contributed by atoms with Gasteiger partial charge in [0.25, 0.3) is 5.91 Å². The fourth-order valence-corrected chi connectivity index (χ4v) is 4.20. The summed E-state index contributed by atoms with van der Waals surface area (Å²) in [4.78, 5) is 21.4. The molecule has 2 atom stereocenters. The van der Waals surface area contributed by atoms with Gasteiger partial charge in [-0.3, -0.25) is 9.69 Å². The van der Waals surface area contributed by atoms with Crippen molar-refractivity contribution in [1.29, 1.82) is 0 Å². The van der Waals surface area contributed by atoms with Gasteiger partial charge in [0.2, 0.25) is 0 Å². The van der Waals surface area contributed by atoms with Gasteiger partial charge in [0.1, 0.15) is 5.75 Å². The molecule has 7 nitrogen and oxygen atoms in total. The number of fused-ring (bicyclic) bond motifs is 2. The number of imidazole rings is 1. The van der Waals surface area contributed by atoms with Crippen LogP contribution in [0, 0.1) is 0 Å². The normalized spacial score (nSPS) is 24.1. The van der Waals surface area contributed by atoms with E-state index in [-0.39, 0.29) is 24.7 Å². The van der Waals surface area contributed by atoms with Crippen molar-refractivity contribution >= 4 is 5.91 Å². The van der Waals surface area contributed by atoms with Crippen molar-refractivity contribution in [2.75, 3.05) is 33.4 Å². The molecule has 0 unspecified atom stereocenters. The first-order valence-electron chi connectivity index (χ1n) is 10.4. The number of ether oxygens (including phenoxy) is 2. The molecule has 3 heterocycles. The summed E-state index contributed by atoms with van der Waals surface area (Å²) in [5.41, 5.74) is 2.19. The highest BCUT2D eigenvalue weighted by Crippen LogP contribution is 2.24. The Hall–Kier alpha value is -2.38. The fraction of sp³-hybridized carbons (Fsp3) is 0.545. The molecule has 1 amide bonds. The van der Waals surface area contributed by atoms with Crippen molar-refractivity contribution in [2.45, 2.75) is 38.0 Å². The molecule has 7 heteroatoms. The minimum absolute atomic E-state index is 0.00999. The molecule has 0 radical (unpaired) electrons. The number of carbonyl (C=O) groups excluding carboxylic acids is 1. The van der Waals surface area contributed by atoms with Gasteiger partial charge in [-0.15, -0.1) is 0 Å². The number of likely N-dealkylation sites (N-methyl/N-ethyl adjacent to an activating group) is 1. The third-order valence-electron chi connectivity index (χ3n) is 5.84. The van der Waals surface area contributed by atoms with Gasteiger partial charge in [-0.25, -0.2) is 4.98 Å². The molecule has 0 bridgehead atoms. The van der Waals surface area contributed by atoms with Crippen molar-refractivity contribution < 1.29 is 14.3 Å². The Bertz CT molecular complexity index is 837. The second-order valence-electron chi connectivity index (χ2n) is 8.06. The highest BCUT2D eigenvalue weighted by molar-refractivity contribution is 5.78. The maximum Gasteiger partial charge on any atom is 0.260 e. The predicted octanol–water partition coefficient (Wildman–Crippen LogP) is 1.86. The van der Waals surface area contributed by atoms with Gasteiger partial charge in [-0.1, -0.05) is 18.2 Å². The van der Waals surface area contributed by atoms with Gasteiger partial charge in [0.05, 0.1) is 24.2 Å². The van der Waals surface area contributed by atoms with E-state index >= 15 is 0 Å². The van der Waals surface area contributed by atoms with E-state index in [4.69, 9.17) is 9.47 Å². The zero-order valence-electron chi connectivity index (χ0n) is 17.3. The summed E-state index contributed by atoms with van der Waals surface area (Å²) < 4.78 is 14.1. The second-order valence-corrected chi connectivity index (χ2v) is 8.06. The highest BCUT2D eigenvalue weighted by atomic mass is 16.5. The number of nitrogens with zero attached hydrogens (tertiary/aromatic N) is 4. The van der Waals surface area contributed by atoms with Gasteiger partial charge in [0.15, 0.2) is 6.61 Å². The number of para-hydroxylation sites is 1. The molecule has 4 rings (SSSR count). The predicted molar refractivity (Wildman–Crippen MR) is 110 cm³/mol. The summed E-state index contributed by atoms with van der Waals surface area (Å²) in [6.07, 6.45) is 6.84. The van der Waals surface area contributed by atoms with Gasteiger partial charge in [-0.05, 0) is 30.9 Å². The Labute approximate surface area is 172 Å². The standard InChI is InChI=1S/C22H30N4O3/c1-24-11-18(23-16-24)12-26-13-19-21(14-26)28-10-6-5-8-17-7-3-4-9-20(17)29-15-22(27)25(19)2/h3-4,7,9,11,16,19,21H,5-6,8,10,12-15H2,1-2H3/t19-,21+/m0/s1. The van der Waals surface area contributed by atoms with Crippen LogP contribution in [0.4, 0.5) is 0 Å². The summed E-state index contributed by atoms with van der Waals surface area (Å²) in [6, 6.07) is 8.02. The van der Waals surface area contributed by atoms with Gasteiger partial charge >= 0.3 is 0 Å². The van der Waals surface area contributed by atoms with E-state index in [1.54, 1.807) is 0 Å². The van der Waals surface area contributed by atoms with Crippen molar-refractivity contribution in [3.63, 3.8) is 0 Å². The lowest BCUT2D eigenvalue weighted by atomic mass is 10.1. The van der Waals surface area contributed by atoms with Crippen LogP contribution in [0.15, 0.2) is 36.8 Å². The Morgan fingerprint density at radius 2 is 2.03 bits per heavy atom. The molecule has 0 N–H and O–H groups in total. The van der Waals surface area contributed by atoms with E-state index < -0.39 is 0 Å². The van der Waals surface area contributed by atoms with Crippen LogP contribution in [0.25, 0.3) is 0 Å². The lowest BCUT2D eigenvalue weighted by Crippen LogP contribution is -2.47. The average molecular weight is 399 g/mol. The molecule has 2 aromatic rings. The highest BCUT2D eigenvalue weighted by Gasteiger charge is 2.38. The van der Waals surface area contributed by atoms with Crippen LogP contribution in [0.3, 0.4) is 0 Å². The van der Waals surface area contributed by atoms with E-state index in [2.05, 4.69) is 16.0 Å². The second kappa shape index (κ2) is 8.97. The smallest absolute Gasteiger partial charge is 0.260 e. The molecular weight excluding hydrogens is 368 g/mol. The topological polar surface area (TPSA) is 59.8 Å². The number of hydrogen-bond acceptors (Lipinski definition) is 5. The van der Waals surface area contributed by atoms with Crippen LogP contribution >= 0.6 is 0 Å². The fourth-order valence-electron chi connectivity index (χ4n) is 4.20. The third-order valence-corrected chi connectivity index (χ3v) is 5.84. The van der Waals surface area contributed by atoms with E-state index in [9.17, 15) is 4.79 Å². The quantitative estimate of drug-likeness (QED) is 0.773. The molecule has 1 fully saturated rings. The van der Waals surface area contributed by atoms with Crippen molar-refractivity contribution in [3.8, 4) is 5.75 Å².